The van der Waals surface area contributed by atoms with Crippen molar-refractivity contribution in [2.24, 2.45) is 0 Å². The van der Waals surface area contributed by atoms with Gasteiger partial charge in [-0.25, -0.2) is 9.37 Å². The summed E-state index contributed by atoms with van der Waals surface area (Å²) in [5.41, 5.74) is 2.61. The summed E-state index contributed by atoms with van der Waals surface area (Å²) in [6, 6.07) is 1.94. The summed E-state index contributed by atoms with van der Waals surface area (Å²) >= 11 is 0. The molecule has 1 unspecified atom stereocenters. The van der Waals surface area contributed by atoms with Crippen LogP contribution in [0.25, 0.3) is 0 Å². The highest BCUT2D eigenvalue weighted by molar-refractivity contribution is 5.87. The number of aromatic nitrogens is 2. The van der Waals surface area contributed by atoms with Gasteiger partial charge in [0.25, 0.3) is 0 Å². The fourth-order valence-electron chi connectivity index (χ4n) is 6.11. The Labute approximate surface area is 269 Å². The summed E-state index contributed by atoms with van der Waals surface area (Å²) in [7, 11) is 1.98. The molecule has 2 fully saturated rings. The van der Waals surface area contributed by atoms with Crippen molar-refractivity contribution in [2.45, 2.75) is 64.1 Å². The van der Waals surface area contributed by atoms with Crippen LogP contribution in [-0.2, 0) is 14.3 Å². The SMILES string of the molecule is C=CC(=O)NC1CC(N2CCC(N3CCN(C)CC3=O)CC2)=CC=C1Nc1ncc(C#N)c(NC2=C(OC(C)C)C=C(F)CC2)n1. The molecule has 46 heavy (non-hydrogen) atoms. The molecular formula is C33H42FN9O3. The molecule has 0 bridgehead atoms. The number of anilines is 2. The van der Waals surface area contributed by atoms with Crippen molar-refractivity contribution in [1.82, 2.24) is 30.0 Å². The molecule has 244 valence electrons. The number of likely N-dealkylation sites (N-methyl/N-ethyl adjacent to an activating group) is 1. The minimum absolute atomic E-state index is 0.168. The van der Waals surface area contributed by atoms with E-state index in [-0.39, 0.29) is 53.5 Å². The minimum atomic E-state index is -0.404. The zero-order valence-electron chi connectivity index (χ0n) is 26.7. The summed E-state index contributed by atoms with van der Waals surface area (Å²) in [5, 5.41) is 19.1. The van der Waals surface area contributed by atoms with Gasteiger partial charge < -0.3 is 30.5 Å². The highest BCUT2D eigenvalue weighted by Gasteiger charge is 2.33. The largest absolute Gasteiger partial charge is 0.489 e. The van der Waals surface area contributed by atoms with Gasteiger partial charge in [0.15, 0.2) is 5.82 Å². The summed E-state index contributed by atoms with van der Waals surface area (Å²) in [6.07, 6.45) is 10.7. The first-order chi connectivity index (χ1) is 22.1. The molecule has 2 aliphatic heterocycles. The number of likely N-dealkylation sites (tertiary alicyclic amines) is 1. The van der Waals surface area contributed by atoms with Gasteiger partial charge in [-0.2, -0.15) is 10.2 Å². The van der Waals surface area contributed by atoms with E-state index in [1.54, 1.807) is 0 Å². The van der Waals surface area contributed by atoms with E-state index in [1.807, 2.05) is 37.9 Å². The van der Waals surface area contributed by atoms with Crippen LogP contribution >= 0.6 is 0 Å². The first-order valence-electron chi connectivity index (χ1n) is 15.8. The van der Waals surface area contributed by atoms with E-state index >= 15 is 0 Å². The average Bonchev–Trinajstić information content (AvgIpc) is 3.03. The number of hydrogen-bond acceptors (Lipinski definition) is 10. The third-order valence-corrected chi connectivity index (χ3v) is 8.50. The molecule has 1 aromatic heterocycles. The summed E-state index contributed by atoms with van der Waals surface area (Å²) in [4.78, 5) is 40.4. The molecule has 3 N–H and O–H groups in total. The van der Waals surface area contributed by atoms with Gasteiger partial charge in [-0.15, -0.1) is 0 Å². The highest BCUT2D eigenvalue weighted by atomic mass is 19.1. The molecule has 2 saturated heterocycles. The van der Waals surface area contributed by atoms with Gasteiger partial charge in [-0.1, -0.05) is 6.58 Å². The zero-order valence-corrected chi connectivity index (χ0v) is 26.7. The van der Waals surface area contributed by atoms with Crippen molar-refractivity contribution in [3.8, 4) is 6.07 Å². The molecule has 1 atom stereocenters. The maximum absolute atomic E-state index is 14.1. The fraction of sp³-hybridized carbons (Fsp3) is 0.485. The molecule has 13 heteroatoms. The lowest BCUT2D eigenvalue weighted by molar-refractivity contribution is -0.139. The number of carbonyl (C=O) groups excluding carboxylic acids is 2. The van der Waals surface area contributed by atoms with Crippen LogP contribution in [0.5, 0.6) is 0 Å². The highest BCUT2D eigenvalue weighted by Crippen LogP contribution is 2.30. The molecule has 0 radical (unpaired) electrons. The summed E-state index contributed by atoms with van der Waals surface area (Å²) in [6.45, 7) is 11.1. The number of rotatable bonds is 10. The predicted molar refractivity (Wildman–Crippen MR) is 172 cm³/mol. The van der Waals surface area contributed by atoms with Gasteiger partial charge in [0.05, 0.1) is 30.6 Å². The van der Waals surface area contributed by atoms with Crippen LogP contribution in [0, 0.1) is 11.3 Å². The Morgan fingerprint density at radius 1 is 1.20 bits per heavy atom. The second-order valence-corrected chi connectivity index (χ2v) is 12.2. The van der Waals surface area contributed by atoms with E-state index < -0.39 is 6.04 Å². The summed E-state index contributed by atoms with van der Waals surface area (Å²) in [5.74, 6) is 0.474. The number of nitrogens with one attached hydrogen (secondary N) is 3. The number of nitriles is 1. The maximum Gasteiger partial charge on any atom is 0.243 e. The predicted octanol–water partition coefficient (Wildman–Crippen LogP) is 3.54. The maximum atomic E-state index is 14.1. The Morgan fingerprint density at radius 3 is 2.67 bits per heavy atom. The van der Waals surface area contributed by atoms with Gasteiger partial charge in [-0.05, 0) is 58.4 Å². The van der Waals surface area contributed by atoms with Crippen molar-refractivity contribution in [1.29, 1.82) is 5.26 Å². The second-order valence-electron chi connectivity index (χ2n) is 12.2. The Balaban J connectivity index is 1.32. The van der Waals surface area contributed by atoms with Crippen LogP contribution in [0.2, 0.25) is 0 Å². The number of halogens is 1. The molecule has 0 aromatic carbocycles. The number of nitrogens with zero attached hydrogens (tertiary/aromatic N) is 6. The summed E-state index contributed by atoms with van der Waals surface area (Å²) < 4.78 is 19.9. The topological polar surface area (TPSA) is 139 Å². The minimum Gasteiger partial charge on any atom is -0.489 e. The lowest BCUT2D eigenvalue weighted by Gasteiger charge is -2.43. The second kappa shape index (κ2) is 14.6. The van der Waals surface area contributed by atoms with Gasteiger partial charge in [0.2, 0.25) is 17.8 Å². The van der Waals surface area contributed by atoms with Crippen molar-refractivity contribution >= 4 is 23.6 Å². The van der Waals surface area contributed by atoms with E-state index in [1.165, 1.54) is 18.3 Å². The molecule has 2 amide bonds. The lowest BCUT2D eigenvalue weighted by Crippen LogP contribution is -2.55. The lowest BCUT2D eigenvalue weighted by atomic mass is 9.96. The molecule has 12 nitrogen and oxygen atoms in total. The molecule has 2 aliphatic carbocycles. The quantitative estimate of drug-likeness (QED) is 0.329. The monoisotopic (exact) mass is 631 g/mol. The van der Waals surface area contributed by atoms with Crippen LogP contribution in [0.3, 0.4) is 0 Å². The van der Waals surface area contributed by atoms with Crippen molar-refractivity contribution in [3.05, 3.63) is 71.3 Å². The van der Waals surface area contributed by atoms with Crippen molar-refractivity contribution in [3.63, 3.8) is 0 Å². The number of piperazine rings is 1. The van der Waals surface area contributed by atoms with Crippen LogP contribution in [0.15, 0.2) is 65.8 Å². The number of hydrogen-bond donors (Lipinski definition) is 3. The van der Waals surface area contributed by atoms with Crippen LogP contribution in [0.1, 0.15) is 51.5 Å². The number of piperidine rings is 1. The zero-order chi connectivity index (χ0) is 32.8. The van der Waals surface area contributed by atoms with Crippen molar-refractivity contribution < 1.29 is 18.7 Å². The smallest absolute Gasteiger partial charge is 0.243 e. The Hall–Kier alpha value is -4.70. The Kier molecular flexibility index (Phi) is 10.4. The van der Waals surface area contributed by atoms with Crippen LogP contribution < -0.4 is 16.0 Å². The van der Waals surface area contributed by atoms with Gasteiger partial charge in [0, 0.05) is 62.5 Å². The van der Waals surface area contributed by atoms with E-state index in [4.69, 9.17) is 4.74 Å². The first-order valence-corrected chi connectivity index (χ1v) is 15.8. The average molecular weight is 632 g/mol. The number of allylic oxidation sites excluding steroid dienone is 5. The van der Waals surface area contributed by atoms with E-state index in [0.29, 0.717) is 36.5 Å². The molecule has 5 rings (SSSR count). The fourth-order valence-corrected chi connectivity index (χ4v) is 6.11. The molecule has 0 saturated carbocycles. The molecule has 1 aromatic rings. The van der Waals surface area contributed by atoms with Crippen molar-refractivity contribution in [2.75, 3.05) is 50.4 Å². The van der Waals surface area contributed by atoms with E-state index in [2.05, 4.69) is 48.4 Å². The Morgan fingerprint density at radius 2 is 1.98 bits per heavy atom. The molecule has 0 spiro atoms. The van der Waals surface area contributed by atoms with Gasteiger partial charge in [-0.3, -0.25) is 14.5 Å². The van der Waals surface area contributed by atoms with Gasteiger partial charge >= 0.3 is 0 Å². The number of amides is 2. The van der Waals surface area contributed by atoms with Crippen LogP contribution in [-0.4, -0.2) is 94.4 Å². The number of carbonyl (C=O) groups is 2. The molecule has 4 aliphatic rings. The van der Waals surface area contributed by atoms with E-state index in [0.717, 1.165) is 44.7 Å². The standard InChI is InChI=1S/C33H42FN9O3/c1-5-30(44)37-28-17-25(42-12-10-24(11-13-42)43-15-14-41(4)20-31(43)45)7-9-26(28)39-33-36-19-22(18-35)32(40-33)38-27-8-6-23(34)16-29(27)46-21(2)3/h5,7,9,16,19,21,24,28H,1,6,8,10-15,17,20H2,2-4H3,(H,37,44)(H2,36,38,39,40). The first kappa shape index (κ1) is 32.7. The third kappa shape index (κ3) is 7.92. The van der Waals surface area contributed by atoms with E-state index in [9.17, 15) is 19.2 Å². The van der Waals surface area contributed by atoms with Gasteiger partial charge in [0.1, 0.15) is 23.2 Å². The number of ether oxygens (including phenoxy) is 1. The Bertz CT molecular complexity index is 1520. The van der Waals surface area contributed by atoms with Crippen LogP contribution in [0.4, 0.5) is 16.2 Å². The normalized spacial score (nSPS) is 21.3. The molecular weight excluding hydrogens is 589 g/mol. The third-order valence-electron chi connectivity index (χ3n) is 8.50. The molecule has 3 heterocycles.